The summed E-state index contributed by atoms with van der Waals surface area (Å²) < 4.78 is 1.75. The monoisotopic (exact) mass is 383 g/mol. The zero-order chi connectivity index (χ0) is 18.3. The fourth-order valence-electron chi connectivity index (χ4n) is 3.19. The predicted octanol–water partition coefficient (Wildman–Crippen LogP) is 4.92. The Morgan fingerprint density at radius 2 is 1.88 bits per heavy atom. The van der Waals surface area contributed by atoms with Crippen LogP contribution in [0.3, 0.4) is 0 Å². The number of carbonyl (C=O) groups is 1. The van der Waals surface area contributed by atoms with E-state index >= 15 is 0 Å². The zero-order valence-electron chi connectivity index (χ0n) is 14.5. The molecular formula is C20H18ClN3OS. The summed E-state index contributed by atoms with van der Waals surface area (Å²) in [5.74, 6) is 1.07. The van der Waals surface area contributed by atoms with Crippen molar-refractivity contribution < 1.29 is 4.79 Å². The Hall–Kier alpha value is -2.24. The second kappa shape index (κ2) is 6.82. The van der Waals surface area contributed by atoms with E-state index in [0.29, 0.717) is 16.6 Å². The van der Waals surface area contributed by atoms with Crippen molar-refractivity contribution in [2.24, 2.45) is 0 Å². The normalized spacial score (nSPS) is 16.7. The van der Waals surface area contributed by atoms with E-state index in [4.69, 9.17) is 16.7 Å². The van der Waals surface area contributed by atoms with Crippen molar-refractivity contribution in [3.63, 3.8) is 0 Å². The lowest BCUT2D eigenvalue weighted by Gasteiger charge is -2.15. The van der Waals surface area contributed by atoms with E-state index in [0.717, 1.165) is 16.9 Å². The van der Waals surface area contributed by atoms with Crippen LogP contribution in [0.25, 0.3) is 5.69 Å². The topological polar surface area (TPSA) is 46.9 Å². The number of anilines is 1. The van der Waals surface area contributed by atoms with Crippen LogP contribution in [0, 0.1) is 13.8 Å². The highest BCUT2D eigenvalue weighted by Crippen LogP contribution is 2.44. The molecule has 3 aromatic rings. The summed E-state index contributed by atoms with van der Waals surface area (Å²) in [4.78, 5) is 12.3. The van der Waals surface area contributed by atoms with Crippen molar-refractivity contribution in [2.75, 3.05) is 11.1 Å². The Bertz CT molecular complexity index is 981. The van der Waals surface area contributed by atoms with E-state index in [1.54, 1.807) is 16.4 Å². The molecule has 1 aliphatic heterocycles. The maximum absolute atomic E-state index is 12.3. The lowest BCUT2D eigenvalue weighted by molar-refractivity contribution is -0.113. The van der Waals surface area contributed by atoms with Crippen molar-refractivity contribution in [1.29, 1.82) is 0 Å². The van der Waals surface area contributed by atoms with Gasteiger partial charge in [0.25, 0.3) is 0 Å². The Labute approximate surface area is 161 Å². The number of carbonyl (C=O) groups excluding carboxylic acids is 1. The number of benzene rings is 2. The Morgan fingerprint density at radius 3 is 2.62 bits per heavy atom. The van der Waals surface area contributed by atoms with Crippen molar-refractivity contribution in [3.05, 3.63) is 75.9 Å². The van der Waals surface area contributed by atoms with Crippen molar-refractivity contribution in [1.82, 2.24) is 9.78 Å². The number of rotatable bonds is 2. The lowest BCUT2D eigenvalue weighted by atomic mass is 10.0. The minimum absolute atomic E-state index is 0.0286. The van der Waals surface area contributed by atoms with Crippen molar-refractivity contribution >= 4 is 35.1 Å². The van der Waals surface area contributed by atoms with Crippen LogP contribution in [-0.4, -0.2) is 21.4 Å². The second-order valence-electron chi connectivity index (χ2n) is 6.36. The number of aromatic nitrogens is 2. The van der Waals surface area contributed by atoms with Crippen LogP contribution in [0.5, 0.6) is 0 Å². The summed E-state index contributed by atoms with van der Waals surface area (Å²) in [6.45, 7) is 4.05. The fraction of sp³-hybridized carbons (Fsp3) is 0.200. The van der Waals surface area contributed by atoms with Crippen molar-refractivity contribution in [2.45, 2.75) is 19.1 Å². The molecule has 0 aliphatic carbocycles. The van der Waals surface area contributed by atoms with E-state index < -0.39 is 0 Å². The van der Waals surface area contributed by atoms with Gasteiger partial charge < -0.3 is 5.32 Å². The zero-order valence-corrected chi connectivity index (χ0v) is 16.1. The molecule has 132 valence electrons. The van der Waals surface area contributed by atoms with Gasteiger partial charge >= 0.3 is 0 Å². The standard InChI is InChI=1S/C20H18ClN3OS/c1-12-7-9-14(10-8-12)19-18-13(2)23-24(16-6-4-3-5-15(16)21)20(18)22-17(25)11-26-19/h3-10,19H,11H2,1-2H3,(H,22,25)/t19-/m1/s1. The van der Waals surface area contributed by atoms with Gasteiger partial charge in [0.1, 0.15) is 5.82 Å². The average Bonchev–Trinajstić information content (AvgIpc) is 2.82. The lowest BCUT2D eigenvalue weighted by Crippen LogP contribution is -2.16. The molecule has 0 unspecified atom stereocenters. The third kappa shape index (κ3) is 3.02. The maximum Gasteiger partial charge on any atom is 0.235 e. The van der Waals surface area contributed by atoms with Crippen LogP contribution in [0.1, 0.15) is 27.6 Å². The van der Waals surface area contributed by atoms with Gasteiger partial charge in [-0.25, -0.2) is 4.68 Å². The molecule has 26 heavy (non-hydrogen) atoms. The van der Waals surface area contributed by atoms with Gasteiger partial charge in [-0.3, -0.25) is 4.79 Å². The Morgan fingerprint density at radius 1 is 1.15 bits per heavy atom. The van der Waals surface area contributed by atoms with Gasteiger partial charge in [0.05, 0.1) is 27.4 Å². The third-order valence-corrected chi connectivity index (χ3v) is 6.06. The molecule has 0 bridgehead atoms. The van der Waals surface area contributed by atoms with E-state index in [9.17, 15) is 4.79 Å². The highest BCUT2D eigenvalue weighted by molar-refractivity contribution is 8.00. The molecule has 0 radical (unpaired) electrons. The molecule has 0 fully saturated rings. The van der Waals surface area contributed by atoms with Crippen LogP contribution in [-0.2, 0) is 4.79 Å². The number of nitrogens with zero attached hydrogens (tertiary/aromatic N) is 2. The van der Waals surface area contributed by atoms with Gasteiger partial charge in [0.15, 0.2) is 0 Å². The Balaban J connectivity index is 1.91. The van der Waals surface area contributed by atoms with Crippen molar-refractivity contribution in [3.8, 4) is 5.69 Å². The first-order chi connectivity index (χ1) is 12.5. The first-order valence-corrected chi connectivity index (χ1v) is 9.79. The van der Waals surface area contributed by atoms with Crippen LogP contribution in [0.2, 0.25) is 5.02 Å². The molecule has 2 aromatic carbocycles. The van der Waals surface area contributed by atoms with Crippen LogP contribution >= 0.6 is 23.4 Å². The van der Waals surface area contributed by atoms with E-state index in [-0.39, 0.29) is 11.2 Å². The molecule has 1 aromatic heterocycles. The van der Waals surface area contributed by atoms with E-state index in [2.05, 4.69) is 36.5 Å². The summed E-state index contributed by atoms with van der Waals surface area (Å²) in [5, 5.41) is 8.36. The largest absolute Gasteiger partial charge is 0.310 e. The number of fused-ring (bicyclic) bond motifs is 1. The molecular weight excluding hydrogens is 366 g/mol. The molecule has 4 nitrogen and oxygen atoms in total. The number of amides is 1. The van der Waals surface area contributed by atoms with Crippen LogP contribution in [0.4, 0.5) is 5.82 Å². The summed E-state index contributed by atoms with van der Waals surface area (Å²) in [5.41, 5.74) is 5.06. The van der Waals surface area contributed by atoms with E-state index in [1.165, 1.54) is 11.1 Å². The minimum atomic E-state index is -0.0286. The minimum Gasteiger partial charge on any atom is -0.310 e. The highest BCUT2D eigenvalue weighted by Gasteiger charge is 2.30. The number of para-hydroxylation sites is 1. The first kappa shape index (κ1) is 17.2. The average molecular weight is 384 g/mol. The molecule has 4 rings (SSSR count). The smallest absolute Gasteiger partial charge is 0.235 e. The van der Waals surface area contributed by atoms with Gasteiger partial charge in [0, 0.05) is 5.56 Å². The number of hydrogen-bond acceptors (Lipinski definition) is 3. The molecule has 1 N–H and O–H groups in total. The van der Waals surface area contributed by atoms with Gasteiger partial charge in [-0.2, -0.15) is 5.10 Å². The SMILES string of the molecule is Cc1ccc([C@H]2SCC(=O)Nc3c2c(C)nn3-c2ccccc2Cl)cc1. The maximum atomic E-state index is 12.3. The van der Waals surface area contributed by atoms with Crippen LogP contribution < -0.4 is 5.32 Å². The predicted molar refractivity (Wildman–Crippen MR) is 107 cm³/mol. The fourth-order valence-corrected chi connectivity index (χ4v) is 4.59. The van der Waals surface area contributed by atoms with Gasteiger partial charge in [-0.1, -0.05) is 53.6 Å². The molecule has 1 atom stereocenters. The molecule has 1 aliphatic rings. The number of thioether (sulfide) groups is 1. The summed E-state index contributed by atoms with van der Waals surface area (Å²) in [6.07, 6.45) is 0. The van der Waals surface area contributed by atoms with E-state index in [1.807, 2.05) is 31.2 Å². The molecule has 0 saturated heterocycles. The number of aryl methyl sites for hydroxylation is 2. The van der Waals surface area contributed by atoms with Gasteiger partial charge in [-0.05, 0) is 31.5 Å². The highest BCUT2D eigenvalue weighted by atomic mass is 35.5. The summed E-state index contributed by atoms with van der Waals surface area (Å²) in [6, 6.07) is 16.0. The second-order valence-corrected chi connectivity index (χ2v) is 7.86. The quantitative estimate of drug-likeness (QED) is 0.683. The number of halogens is 1. The Kier molecular flexibility index (Phi) is 4.51. The molecule has 6 heteroatoms. The number of hydrogen-bond donors (Lipinski definition) is 1. The molecule has 1 amide bonds. The molecule has 0 spiro atoms. The van der Waals surface area contributed by atoms with Gasteiger partial charge in [-0.15, -0.1) is 11.8 Å². The molecule has 2 heterocycles. The van der Waals surface area contributed by atoms with Crippen LogP contribution in [0.15, 0.2) is 48.5 Å². The summed E-state index contributed by atoms with van der Waals surface area (Å²) >= 11 is 8.00. The van der Waals surface area contributed by atoms with Gasteiger partial charge in [0.2, 0.25) is 5.91 Å². The first-order valence-electron chi connectivity index (χ1n) is 8.37. The third-order valence-electron chi connectivity index (χ3n) is 4.47. The molecule has 0 saturated carbocycles. The summed E-state index contributed by atoms with van der Waals surface area (Å²) in [7, 11) is 0. The number of nitrogens with one attached hydrogen (secondary N) is 1.